The monoisotopic (exact) mass is 293 g/mol. The lowest BCUT2D eigenvalue weighted by Gasteiger charge is -2.14. The molecule has 0 saturated carbocycles. The smallest absolute Gasteiger partial charge is 0.227 e. The average Bonchev–Trinajstić information content (AvgIpc) is 3.12. The van der Waals surface area contributed by atoms with Crippen molar-refractivity contribution in [1.29, 1.82) is 0 Å². The summed E-state index contributed by atoms with van der Waals surface area (Å²) in [5.41, 5.74) is 4.20. The Hall–Kier alpha value is -2.69. The van der Waals surface area contributed by atoms with Crippen molar-refractivity contribution in [3.05, 3.63) is 42.2 Å². The second-order valence-electron chi connectivity index (χ2n) is 5.51. The van der Waals surface area contributed by atoms with Crippen molar-refractivity contribution in [2.75, 3.05) is 11.4 Å². The molecule has 2 aromatic heterocycles. The van der Waals surface area contributed by atoms with Gasteiger partial charge in [0.2, 0.25) is 11.8 Å². The number of aromatic nitrogens is 2. The van der Waals surface area contributed by atoms with E-state index in [0.29, 0.717) is 12.3 Å². The van der Waals surface area contributed by atoms with E-state index >= 15 is 0 Å². The first kappa shape index (κ1) is 13.0. The Labute approximate surface area is 127 Å². The number of anilines is 1. The molecule has 0 aliphatic carbocycles. The van der Waals surface area contributed by atoms with Gasteiger partial charge in [-0.2, -0.15) is 0 Å². The van der Waals surface area contributed by atoms with Gasteiger partial charge < -0.3 is 9.32 Å². The number of rotatable bonds is 2. The van der Waals surface area contributed by atoms with Gasteiger partial charge in [-0.25, -0.2) is 4.98 Å². The molecule has 0 spiro atoms. The lowest BCUT2D eigenvalue weighted by molar-refractivity contribution is -0.117. The number of nitrogens with zero attached hydrogens (tertiary/aromatic N) is 3. The van der Waals surface area contributed by atoms with Gasteiger partial charge in [0.1, 0.15) is 5.52 Å². The zero-order valence-electron chi connectivity index (χ0n) is 12.2. The molecule has 4 rings (SSSR count). The molecule has 1 aliphatic rings. The average molecular weight is 293 g/mol. The molecule has 110 valence electrons. The molecule has 3 aromatic rings. The third kappa shape index (κ3) is 2.15. The van der Waals surface area contributed by atoms with Crippen molar-refractivity contribution in [3.63, 3.8) is 0 Å². The fourth-order valence-electron chi connectivity index (χ4n) is 2.81. The lowest BCUT2D eigenvalue weighted by Crippen LogP contribution is -2.23. The molecule has 3 heterocycles. The number of carbonyl (C=O) groups excluding carboxylic acids is 1. The molecule has 1 saturated heterocycles. The third-order valence-corrected chi connectivity index (χ3v) is 3.90. The summed E-state index contributed by atoms with van der Waals surface area (Å²) < 4.78 is 5.81. The van der Waals surface area contributed by atoms with E-state index in [0.717, 1.165) is 41.0 Å². The molecule has 1 amide bonds. The number of aryl methyl sites for hydroxylation is 1. The summed E-state index contributed by atoms with van der Waals surface area (Å²) >= 11 is 0. The maximum Gasteiger partial charge on any atom is 0.227 e. The van der Waals surface area contributed by atoms with Crippen LogP contribution in [0.4, 0.5) is 5.69 Å². The standard InChI is InChI=1S/C17H15N3O2/c1-11-9-12(6-7-18-11)17-19-14-10-13(4-5-15(14)22-17)20-8-2-3-16(20)21/h4-7,9-10H,2-3,8H2,1H3. The van der Waals surface area contributed by atoms with Crippen LogP contribution in [0.2, 0.25) is 0 Å². The highest BCUT2D eigenvalue weighted by Gasteiger charge is 2.22. The number of pyridine rings is 1. The molecular formula is C17H15N3O2. The minimum Gasteiger partial charge on any atom is -0.436 e. The number of oxazole rings is 1. The zero-order chi connectivity index (χ0) is 15.1. The summed E-state index contributed by atoms with van der Waals surface area (Å²) in [5, 5.41) is 0. The Bertz CT molecular complexity index is 869. The molecule has 0 N–H and O–H groups in total. The Morgan fingerprint density at radius 3 is 2.91 bits per heavy atom. The van der Waals surface area contributed by atoms with Gasteiger partial charge in [-0.3, -0.25) is 9.78 Å². The Kier molecular flexibility index (Phi) is 2.92. The van der Waals surface area contributed by atoms with E-state index in [2.05, 4.69) is 9.97 Å². The zero-order valence-corrected chi connectivity index (χ0v) is 12.2. The first-order chi connectivity index (χ1) is 10.7. The second kappa shape index (κ2) is 4.94. The predicted octanol–water partition coefficient (Wildman–Crippen LogP) is 3.33. The number of fused-ring (bicyclic) bond motifs is 1. The van der Waals surface area contributed by atoms with E-state index in [1.807, 2.05) is 42.2 Å². The largest absolute Gasteiger partial charge is 0.436 e. The SMILES string of the molecule is Cc1cc(-c2nc3cc(N4CCCC4=O)ccc3o2)ccn1. The summed E-state index contributed by atoms with van der Waals surface area (Å²) in [4.78, 5) is 22.4. The third-order valence-electron chi connectivity index (χ3n) is 3.90. The second-order valence-corrected chi connectivity index (χ2v) is 5.51. The minimum absolute atomic E-state index is 0.174. The lowest BCUT2D eigenvalue weighted by atomic mass is 10.2. The minimum atomic E-state index is 0.174. The number of hydrogen-bond donors (Lipinski definition) is 0. The van der Waals surface area contributed by atoms with E-state index in [4.69, 9.17) is 4.42 Å². The normalized spacial score (nSPS) is 15.0. The summed E-state index contributed by atoms with van der Waals surface area (Å²) in [6.07, 6.45) is 3.28. The summed E-state index contributed by atoms with van der Waals surface area (Å²) in [7, 11) is 0. The van der Waals surface area contributed by atoms with Crippen molar-refractivity contribution in [2.24, 2.45) is 0 Å². The summed E-state index contributed by atoms with van der Waals surface area (Å²) in [5.74, 6) is 0.748. The first-order valence-corrected chi connectivity index (χ1v) is 7.35. The van der Waals surface area contributed by atoms with Gasteiger partial charge in [0.15, 0.2) is 5.58 Å². The molecule has 0 bridgehead atoms. The molecule has 0 radical (unpaired) electrons. The van der Waals surface area contributed by atoms with Gasteiger partial charge in [-0.05, 0) is 43.7 Å². The Morgan fingerprint density at radius 2 is 2.14 bits per heavy atom. The van der Waals surface area contributed by atoms with Gasteiger partial charge in [0, 0.05) is 36.1 Å². The van der Waals surface area contributed by atoms with Crippen molar-refractivity contribution in [2.45, 2.75) is 19.8 Å². The van der Waals surface area contributed by atoms with Gasteiger partial charge in [-0.1, -0.05) is 0 Å². The topological polar surface area (TPSA) is 59.2 Å². The molecule has 5 heteroatoms. The summed E-state index contributed by atoms with van der Waals surface area (Å²) in [6.45, 7) is 2.71. The fourth-order valence-corrected chi connectivity index (χ4v) is 2.81. The van der Waals surface area contributed by atoms with Crippen LogP contribution in [0.25, 0.3) is 22.6 Å². The highest BCUT2D eigenvalue weighted by atomic mass is 16.3. The highest BCUT2D eigenvalue weighted by molar-refractivity contribution is 5.97. The summed E-state index contributed by atoms with van der Waals surface area (Å²) in [6, 6.07) is 9.52. The fraction of sp³-hybridized carbons (Fsp3) is 0.235. The van der Waals surface area contributed by atoms with Crippen LogP contribution >= 0.6 is 0 Å². The van der Waals surface area contributed by atoms with Crippen molar-refractivity contribution in [1.82, 2.24) is 9.97 Å². The van der Waals surface area contributed by atoms with Crippen molar-refractivity contribution < 1.29 is 9.21 Å². The van der Waals surface area contributed by atoms with E-state index in [1.165, 1.54) is 0 Å². The number of amides is 1. The molecule has 0 unspecified atom stereocenters. The Balaban J connectivity index is 1.76. The van der Waals surface area contributed by atoms with Crippen LogP contribution in [0.3, 0.4) is 0 Å². The Morgan fingerprint density at radius 1 is 1.23 bits per heavy atom. The molecule has 0 atom stereocenters. The molecule has 22 heavy (non-hydrogen) atoms. The van der Waals surface area contributed by atoms with E-state index in [9.17, 15) is 4.79 Å². The predicted molar refractivity (Wildman–Crippen MR) is 83.6 cm³/mol. The van der Waals surface area contributed by atoms with Crippen molar-refractivity contribution in [3.8, 4) is 11.5 Å². The van der Waals surface area contributed by atoms with Gasteiger partial charge in [0.05, 0.1) is 0 Å². The van der Waals surface area contributed by atoms with E-state index in [-0.39, 0.29) is 5.91 Å². The van der Waals surface area contributed by atoms with E-state index in [1.54, 1.807) is 6.20 Å². The van der Waals surface area contributed by atoms with Crippen LogP contribution in [0.15, 0.2) is 40.9 Å². The number of carbonyl (C=O) groups is 1. The van der Waals surface area contributed by atoms with Crippen molar-refractivity contribution >= 4 is 22.7 Å². The maximum absolute atomic E-state index is 11.9. The van der Waals surface area contributed by atoms with Gasteiger partial charge >= 0.3 is 0 Å². The van der Waals surface area contributed by atoms with Crippen LogP contribution < -0.4 is 4.90 Å². The molecular weight excluding hydrogens is 278 g/mol. The van der Waals surface area contributed by atoms with Crippen LogP contribution in [-0.2, 0) is 4.79 Å². The van der Waals surface area contributed by atoms with Gasteiger partial charge in [0.25, 0.3) is 0 Å². The molecule has 5 nitrogen and oxygen atoms in total. The van der Waals surface area contributed by atoms with Crippen LogP contribution in [0.5, 0.6) is 0 Å². The first-order valence-electron chi connectivity index (χ1n) is 7.35. The van der Waals surface area contributed by atoms with Crippen LogP contribution in [0.1, 0.15) is 18.5 Å². The number of benzene rings is 1. The highest BCUT2D eigenvalue weighted by Crippen LogP contribution is 2.29. The molecule has 1 aromatic carbocycles. The molecule has 1 fully saturated rings. The number of hydrogen-bond acceptors (Lipinski definition) is 4. The quantitative estimate of drug-likeness (QED) is 0.727. The van der Waals surface area contributed by atoms with Gasteiger partial charge in [-0.15, -0.1) is 0 Å². The molecule has 1 aliphatic heterocycles. The van der Waals surface area contributed by atoms with E-state index < -0.39 is 0 Å². The van der Waals surface area contributed by atoms with Crippen LogP contribution in [-0.4, -0.2) is 22.4 Å². The van der Waals surface area contributed by atoms with Crippen LogP contribution in [0, 0.1) is 6.92 Å². The maximum atomic E-state index is 11.9.